The zero-order chi connectivity index (χ0) is 22.0. The van der Waals surface area contributed by atoms with Crippen molar-refractivity contribution < 1.29 is 30.3 Å². The third kappa shape index (κ3) is 4.24. The van der Waals surface area contributed by atoms with Gasteiger partial charge in [0, 0.05) is 43.2 Å². The van der Waals surface area contributed by atoms with Gasteiger partial charge < -0.3 is 35.2 Å². The number of rotatable bonds is 5. The summed E-state index contributed by atoms with van der Waals surface area (Å²) in [6, 6.07) is 7.58. The molecule has 4 rings (SSSR count). The van der Waals surface area contributed by atoms with Gasteiger partial charge in [-0.3, -0.25) is 4.90 Å². The molecule has 0 unspecified atom stereocenters. The second kappa shape index (κ2) is 9.23. The molecular formula is C21H25N3O6S. The number of fused-ring (bicyclic) bond motifs is 2. The van der Waals surface area contributed by atoms with E-state index in [1.165, 1.54) is 11.8 Å². The van der Waals surface area contributed by atoms with E-state index in [1.807, 2.05) is 24.3 Å². The summed E-state index contributed by atoms with van der Waals surface area (Å²) in [7, 11) is 0. The lowest BCUT2D eigenvalue weighted by atomic mass is 10.1. The van der Waals surface area contributed by atoms with Gasteiger partial charge in [-0.25, -0.2) is 4.99 Å². The Labute approximate surface area is 183 Å². The van der Waals surface area contributed by atoms with Crippen LogP contribution in [0.15, 0.2) is 39.0 Å². The molecule has 1 saturated heterocycles. The fraction of sp³-hybridized carbons (Fsp3) is 0.381. The molecule has 0 saturated carbocycles. The Hall–Kier alpha value is -2.66. The van der Waals surface area contributed by atoms with Gasteiger partial charge in [-0.2, -0.15) is 0 Å². The smallest absolute Gasteiger partial charge is 0.206 e. The van der Waals surface area contributed by atoms with Crippen LogP contribution in [0.1, 0.15) is 5.56 Å². The first-order valence-corrected chi connectivity index (χ1v) is 10.8. The van der Waals surface area contributed by atoms with E-state index in [9.17, 15) is 20.4 Å². The highest BCUT2D eigenvalue weighted by atomic mass is 32.2. The van der Waals surface area contributed by atoms with E-state index in [0.717, 1.165) is 30.1 Å². The molecule has 31 heavy (non-hydrogen) atoms. The van der Waals surface area contributed by atoms with E-state index in [2.05, 4.69) is 14.8 Å². The first kappa shape index (κ1) is 21.6. The number of hydrogen-bond acceptors (Lipinski definition) is 10. The summed E-state index contributed by atoms with van der Waals surface area (Å²) in [6.07, 6.45) is 0. The van der Waals surface area contributed by atoms with Crippen LogP contribution in [0.4, 0.5) is 5.69 Å². The number of phenolic OH excluding ortho intramolecular Hbond substituents is 4. The molecule has 0 aromatic heterocycles. The molecular weight excluding hydrogens is 422 g/mol. The summed E-state index contributed by atoms with van der Waals surface area (Å²) in [5, 5.41) is 49.6. The topological polar surface area (TPSA) is 129 Å². The Morgan fingerprint density at radius 2 is 1.61 bits per heavy atom. The number of hydrogen-bond donors (Lipinski definition) is 5. The maximum Gasteiger partial charge on any atom is 0.206 e. The molecule has 0 spiro atoms. The SMILES string of the molecule is OCCOCCN1CCN(C2=Nc3c(O)c(O)c(O)c(O)c3Sc3ccccc32)CC1. The number of aliphatic hydroxyl groups excluding tert-OH is 1. The highest BCUT2D eigenvalue weighted by Crippen LogP contribution is 2.57. The van der Waals surface area contributed by atoms with Crippen LogP contribution in [0, 0.1) is 0 Å². The minimum absolute atomic E-state index is 0.0161. The predicted octanol–water partition coefficient (Wildman–Crippen LogP) is 1.68. The van der Waals surface area contributed by atoms with Crippen molar-refractivity contribution >= 4 is 23.3 Å². The van der Waals surface area contributed by atoms with Crippen LogP contribution in [0.25, 0.3) is 0 Å². The molecule has 0 bridgehead atoms. The molecule has 10 heteroatoms. The fourth-order valence-corrected chi connectivity index (χ4v) is 4.73. The van der Waals surface area contributed by atoms with E-state index < -0.39 is 23.0 Å². The van der Waals surface area contributed by atoms with Crippen molar-refractivity contribution in [1.29, 1.82) is 0 Å². The molecule has 9 nitrogen and oxygen atoms in total. The molecule has 0 atom stereocenters. The second-order valence-corrected chi connectivity index (χ2v) is 8.32. The summed E-state index contributed by atoms with van der Waals surface area (Å²) in [6.45, 7) is 4.67. The summed E-state index contributed by atoms with van der Waals surface area (Å²) in [5.74, 6) is -2.00. The molecule has 5 N–H and O–H groups in total. The number of ether oxygens (including phenoxy) is 1. The van der Waals surface area contributed by atoms with Crippen molar-refractivity contribution in [2.45, 2.75) is 9.79 Å². The second-order valence-electron chi connectivity index (χ2n) is 7.27. The van der Waals surface area contributed by atoms with Crippen molar-refractivity contribution in [3.63, 3.8) is 0 Å². The zero-order valence-electron chi connectivity index (χ0n) is 16.9. The molecule has 2 heterocycles. The average molecular weight is 448 g/mol. The van der Waals surface area contributed by atoms with Crippen molar-refractivity contribution in [3.05, 3.63) is 29.8 Å². The number of piperazine rings is 1. The molecule has 2 aromatic rings. The maximum absolute atomic E-state index is 10.5. The lowest BCUT2D eigenvalue weighted by molar-refractivity contribution is 0.0652. The Bertz CT molecular complexity index is 992. The highest BCUT2D eigenvalue weighted by molar-refractivity contribution is 7.99. The largest absolute Gasteiger partial charge is 0.503 e. The van der Waals surface area contributed by atoms with E-state index in [0.29, 0.717) is 32.1 Å². The van der Waals surface area contributed by atoms with Gasteiger partial charge in [0.15, 0.2) is 11.5 Å². The molecule has 1 fully saturated rings. The molecule has 2 aliphatic heterocycles. The highest BCUT2D eigenvalue weighted by Gasteiger charge is 2.30. The van der Waals surface area contributed by atoms with Crippen molar-refractivity contribution in [3.8, 4) is 23.0 Å². The van der Waals surface area contributed by atoms with Crippen LogP contribution in [0.2, 0.25) is 0 Å². The molecule has 166 valence electrons. The Balaban J connectivity index is 1.64. The van der Waals surface area contributed by atoms with Gasteiger partial charge >= 0.3 is 0 Å². The van der Waals surface area contributed by atoms with Gasteiger partial charge in [0.25, 0.3) is 0 Å². The number of amidine groups is 1. The zero-order valence-corrected chi connectivity index (χ0v) is 17.7. The Morgan fingerprint density at radius 3 is 2.35 bits per heavy atom. The van der Waals surface area contributed by atoms with E-state index in [-0.39, 0.29) is 17.2 Å². The summed E-state index contributed by atoms with van der Waals surface area (Å²) >= 11 is 1.18. The van der Waals surface area contributed by atoms with Crippen LogP contribution < -0.4 is 0 Å². The van der Waals surface area contributed by atoms with Crippen LogP contribution in [0.3, 0.4) is 0 Å². The number of nitrogens with zero attached hydrogens (tertiary/aromatic N) is 3. The summed E-state index contributed by atoms with van der Waals surface area (Å²) in [5.41, 5.74) is 0.880. The third-order valence-corrected chi connectivity index (χ3v) is 6.51. The number of phenols is 4. The van der Waals surface area contributed by atoms with Crippen LogP contribution >= 0.6 is 11.8 Å². The average Bonchev–Trinajstić information content (AvgIpc) is 2.97. The number of aliphatic hydroxyl groups is 1. The lowest BCUT2D eigenvalue weighted by Gasteiger charge is -2.36. The van der Waals surface area contributed by atoms with Crippen LogP contribution in [-0.2, 0) is 4.74 Å². The monoisotopic (exact) mass is 447 g/mol. The Kier molecular flexibility index (Phi) is 6.42. The molecule has 0 radical (unpaired) electrons. The molecule has 0 amide bonds. The van der Waals surface area contributed by atoms with Crippen molar-refractivity contribution in [1.82, 2.24) is 9.80 Å². The van der Waals surface area contributed by atoms with Gasteiger partial charge in [0.05, 0.1) is 24.7 Å². The van der Waals surface area contributed by atoms with Gasteiger partial charge in [-0.1, -0.05) is 30.0 Å². The quantitative estimate of drug-likeness (QED) is 0.264. The van der Waals surface area contributed by atoms with Gasteiger partial charge in [0.2, 0.25) is 11.5 Å². The number of aliphatic imine (C=N–C) groups is 1. The number of benzene rings is 2. The summed E-state index contributed by atoms with van der Waals surface area (Å²) in [4.78, 5) is 10.0. The standard InChI is InChI=1S/C21H25N3O6S/c25-10-12-30-11-9-23-5-7-24(8-6-23)21-13-3-1-2-4-14(13)31-20-15(22-21)16(26)17(27)18(28)19(20)29/h1-4,25-29H,5-12H2. The number of aromatic hydroxyl groups is 4. The molecule has 0 aliphatic carbocycles. The van der Waals surface area contributed by atoms with Gasteiger partial charge in [-0.15, -0.1) is 0 Å². The van der Waals surface area contributed by atoms with Gasteiger partial charge in [-0.05, 0) is 6.07 Å². The lowest BCUT2D eigenvalue weighted by Crippen LogP contribution is -2.49. The van der Waals surface area contributed by atoms with Crippen molar-refractivity contribution in [2.24, 2.45) is 4.99 Å². The maximum atomic E-state index is 10.5. The van der Waals surface area contributed by atoms with E-state index in [1.54, 1.807) is 0 Å². The molecule has 2 aliphatic rings. The Morgan fingerprint density at radius 1 is 0.903 bits per heavy atom. The first-order chi connectivity index (χ1) is 15.0. The third-order valence-electron chi connectivity index (χ3n) is 5.34. The van der Waals surface area contributed by atoms with Crippen LogP contribution in [0.5, 0.6) is 23.0 Å². The van der Waals surface area contributed by atoms with Crippen LogP contribution in [-0.4, -0.2) is 93.7 Å². The van der Waals surface area contributed by atoms with E-state index >= 15 is 0 Å². The predicted molar refractivity (Wildman–Crippen MR) is 116 cm³/mol. The minimum Gasteiger partial charge on any atom is -0.503 e. The van der Waals surface area contributed by atoms with E-state index in [4.69, 9.17) is 9.84 Å². The summed E-state index contributed by atoms with van der Waals surface area (Å²) < 4.78 is 5.35. The normalized spacial score (nSPS) is 16.4. The van der Waals surface area contributed by atoms with Crippen molar-refractivity contribution in [2.75, 3.05) is 52.5 Å². The molecule has 2 aromatic carbocycles. The minimum atomic E-state index is -0.793. The first-order valence-electron chi connectivity index (χ1n) is 10.0. The fourth-order valence-electron chi connectivity index (χ4n) is 3.67. The van der Waals surface area contributed by atoms with Gasteiger partial charge in [0.1, 0.15) is 11.5 Å².